The molecule has 2 N–H and O–H groups in total. The summed E-state index contributed by atoms with van der Waals surface area (Å²) in [5, 5.41) is 18.9. The Morgan fingerprint density at radius 3 is 2.76 bits per heavy atom. The Hall–Kier alpha value is -1.14. The predicted octanol–water partition coefficient (Wildman–Crippen LogP) is -0.210. The average molecular weight is 244 g/mol. The minimum atomic E-state index is -0.968. The summed E-state index contributed by atoms with van der Waals surface area (Å²) in [6, 6.07) is 0. The van der Waals surface area contributed by atoms with Crippen molar-refractivity contribution < 1.29 is 29.3 Å². The lowest BCUT2D eigenvalue weighted by Gasteiger charge is -2.27. The number of rotatable bonds is 5. The predicted molar refractivity (Wildman–Crippen MR) is 55.2 cm³/mol. The number of hydrogen-bond acceptors (Lipinski definition) is 5. The van der Waals surface area contributed by atoms with Gasteiger partial charge in [-0.05, 0) is 18.8 Å². The van der Waals surface area contributed by atoms with E-state index in [0.29, 0.717) is 13.0 Å². The molecule has 0 saturated carbocycles. The van der Waals surface area contributed by atoms with Gasteiger partial charge >= 0.3 is 11.9 Å². The summed E-state index contributed by atoms with van der Waals surface area (Å²) in [5.74, 6) is -2.28. The molecular weight excluding hydrogens is 228 g/mol. The maximum absolute atomic E-state index is 11.2. The molecule has 17 heavy (non-hydrogen) atoms. The second-order valence-corrected chi connectivity index (χ2v) is 4.59. The van der Waals surface area contributed by atoms with Crippen LogP contribution in [-0.4, -0.2) is 47.6 Å². The molecule has 6 nitrogen and oxygen atoms in total. The third-order valence-corrected chi connectivity index (χ3v) is 3.35. The Morgan fingerprint density at radius 1 is 1.53 bits per heavy atom. The van der Waals surface area contributed by atoms with Crippen LogP contribution in [0.15, 0.2) is 0 Å². The van der Waals surface area contributed by atoms with Gasteiger partial charge in [0.2, 0.25) is 0 Å². The Labute approximate surface area is 98.5 Å². The number of aliphatic carboxylic acids is 1. The van der Waals surface area contributed by atoms with Crippen LogP contribution in [0.2, 0.25) is 0 Å². The Kier molecular flexibility index (Phi) is 3.63. The highest BCUT2D eigenvalue weighted by atomic mass is 16.6. The van der Waals surface area contributed by atoms with Gasteiger partial charge in [-0.3, -0.25) is 9.59 Å². The van der Waals surface area contributed by atoms with Gasteiger partial charge in [-0.15, -0.1) is 0 Å². The lowest BCUT2D eigenvalue weighted by molar-refractivity contribution is -0.154. The maximum atomic E-state index is 11.2. The van der Waals surface area contributed by atoms with Gasteiger partial charge < -0.3 is 19.7 Å². The van der Waals surface area contributed by atoms with Gasteiger partial charge in [0, 0.05) is 6.42 Å². The highest BCUT2D eigenvalue weighted by Crippen LogP contribution is 2.30. The van der Waals surface area contributed by atoms with Gasteiger partial charge in [0.25, 0.3) is 0 Å². The smallest absolute Gasteiger partial charge is 0.306 e. The van der Waals surface area contributed by atoms with Crippen LogP contribution in [0.4, 0.5) is 0 Å². The largest absolute Gasteiger partial charge is 0.481 e. The monoisotopic (exact) mass is 244 g/mol. The van der Waals surface area contributed by atoms with E-state index in [1.165, 1.54) is 0 Å². The third-order valence-electron chi connectivity index (χ3n) is 3.35. The third kappa shape index (κ3) is 3.17. The molecule has 2 fully saturated rings. The molecular formula is C11H16O6. The van der Waals surface area contributed by atoms with Crippen molar-refractivity contribution in [3.8, 4) is 0 Å². The van der Waals surface area contributed by atoms with Crippen LogP contribution >= 0.6 is 0 Å². The molecule has 0 bridgehead atoms. The fourth-order valence-corrected chi connectivity index (χ4v) is 2.23. The first kappa shape index (κ1) is 12.3. The zero-order valence-electron chi connectivity index (χ0n) is 9.37. The number of hydrogen-bond donors (Lipinski definition) is 2. The van der Waals surface area contributed by atoms with Crippen LogP contribution in [-0.2, 0) is 19.1 Å². The Balaban J connectivity index is 1.95. The van der Waals surface area contributed by atoms with Gasteiger partial charge in [0.15, 0.2) is 0 Å². The van der Waals surface area contributed by atoms with E-state index in [1.54, 1.807) is 0 Å². The lowest BCUT2D eigenvalue weighted by atomic mass is 9.82. The Bertz CT molecular complexity index is 311. The molecule has 0 aromatic rings. The van der Waals surface area contributed by atoms with Crippen molar-refractivity contribution in [1.82, 2.24) is 0 Å². The zero-order valence-corrected chi connectivity index (χ0v) is 9.37. The molecule has 2 aliphatic heterocycles. The molecule has 0 aromatic carbocycles. The van der Waals surface area contributed by atoms with Crippen LogP contribution in [0.25, 0.3) is 0 Å². The van der Waals surface area contributed by atoms with E-state index in [1.807, 2.05) is 0 Å². The van der Waals surface area contributed by atoms with Crippen molar-refractivity contribution in [2.45, 2.75) is 31.5 Å². The highest BCUT2D eigenvalue weighted by molar-refractivity contribution is 5.74. The quantitative estimate of drug-likeness (QED) is 0.513. The van der Waals surface area contributed by atoms with Crippen molar-refractivity contribution >= 4 is 11.9 Å². The number of ether oxygens (including phenoxy) is 2. The first-order valence-corrected chi connectivity index (χ1v) is 5.76. The SMILES string of the molecule is O=C1CC(C(C[C@H](O)C2CO2)C(=O)O)CCO1. The minimum Gasteiger partial charge on any atom is -0.481 e. The topological polar surface area (TPSA) is 96.4 Å². The van der Waals surface area contributed by atoms with Crippen LogP contribution in [0.5, 0.6) is 0 Å². The summed E-state index contributed by atoms with van der Waals surface area (Å²) in [7, 11) is 0. The van der Waals surface area contributed by atoms with E-state index in [9.17, 15) is 14.7 Å². The summed E-state index contributed by atoms with van der Waals surface area (Å²) >= 11 is 0. The lowest BCUT2D eigenvalue weighted by Crippen LogP contribution is -2.34. The molecule has 0 amide bonds. The first-order valence-electron chi connectivity index (χ1n) is 5.76. The number of aliphatic hydroxyl groups is 1. The number of aliphatic hydroxyl groups excluding tert-OH is 1. The maximum Gasteiger partial charge on any atom is 0.306 e. The summed E-state index contributed by atoms with van der Waals surface area (Å²) in [4.78, 5) is 22.3. The van der Waals surface area contributed by atoms with Gasteiger partial charge in [0.05, 0.1) is 25.2 Å². The second kappa shape index (κ2) is 5.01. The number of cyclic esters (lactones) is 1. The number of carboxylic acid groups (broad SMARTS) is 1. The van der Waals surface area contributed by atoms with Crippen LogP contribution in [0.1, 0.15) is 19.3 Å². The van der Waals surface area contributed by atoms with Crippen LogP contribution in [0.3, 0.4) is 0 Å². The molecule has 0 radical (unpaired) electrons. The van der Waals surface area contributed by atoms with Crippen molar-refractivity contribution in [2.75, 3.05) is 13.2 Å². The summed E-state index contributed by atoms with van der Waals surface area (Å²) in [6.45, 7) is 0.753. The molecule has 6 heteroatoms. The van der Waals surface area contributed by atoms with Crippen molar-refractivity contribution in [1.29, 1.82) is 0 Å². The van der Waals surface area contributed by atoms with Gasteiger partial charge in [0.1, 0.15) is 6.10 Å². The molecule has 0 aromatic heterocycles. The van der Waals surface area contributed by atoms with Crippen molar-refractivity contribution in [3.05, 3.63) is 0 Å². The first-order chi connectivity index (χ1) is 8.08. The molecule has 4 atom stereocenters. The highest BCUT2D eigenvalue weighted by Gasteiger charge is 2.39. The number of carboxylic acids is 1. The minimum absolute atomic E-state index is 0.120. The van der Waals surface area contributed by atoms with Gasteiger partial charge in [-0.1, -0.05) is 0 Å². The molecule has 2 aliphatic rings. The molecule has 2 heterocycles. The van der Waals surface area contributed by atoms with E-state index < -0.39 is 18.0 Å². The second-order valence-electron chi connectivity index (χ2n) is 4.59. The molecule has 0 spiro atoms. The summed E-state index contributed by atoms with van der Waals surface area (Å²) in [6.07, 6.45) is -0.185. The van der Waals surface area contributed by atoms with Crippen LogP contribution < -0.4 is 0 Å². The number of esters is 1. The normalized spacial score (nSPS) is 31.5. The van der Waals surface area contributed by atoms with E-state index in [0.717, 1.165) is 0 Å². The molecule has 0 aliphatic carbocycles. The fraction of sp³-hybridized carbons (Fsp3) is 0.818. The number of carbonyl (C=O) groups excluding carboxylic acids is 1. The van der Waals surface area contributed by atoms with Crippen molar-refractivity contribution in [3.63, 3.8) is 0 Å². The van der Waals surface area contributed by atoms with E-state index in [2.05, 4.69) is 0 Å². The van der Waals surface area contributed by atoms with E-state index >= 15 is 0 Å². The fourth-order valence-electron chi connectivity index (χ4n) is 2.23. The summed E-state index contributed by atoms with van der Waals surface area (Å²) < 4.78 is 9.71. The molecule has 2 rings (SSSR count). The van der Waals surface area contributed by atoms with E-state index in [-0.39, 0.29) is 37.4 Å². The molecule has 2 saturated heterocycles. The zero-order chi connectivity index (χ0) is 12.4. The van der Waals surface area contributed by atoms with Gasteiger partial charge in [-0.2, -0.15) is 0 Å². The van der Waals surface area contributed by atoms with E-state index in [4.69, 9.17) is 14.6 Å². The van der Waals surface area contributed by atoms with Crippen LogP contribution in [0, 0.1) is 11.8 Å². The molecule has 96 valence electrons. The number of epoxide rings is 1. The Morgan fingerprint density at radius 2 is 2.24 bits per heavy atom. The van der Waals surface area contributed by atoms with Gasteiger partial charge in [-0.25, -0.2) is 0 Å². The number of carbonyl (C=O) groups is 2. The summed E-state index contributed by atoms with van der Waals surface area (Å²) in [5.41, 5.74) is 0. The molecule has 3 unspecified atom stereocenters. The average Bonchev–Trinajstić information content (AvgIpc) is 3.08. The standard InChI is InChI=1S/C11H16O6/c12-8(9-5-17-9)4-7(11(14)15)6-1-2-16-10(13)3-6/h6-9,12H,1-5H2,(H,14,15)/t6?,7?,8-,9?/m0/s1. The van der Waals surface area contributed by atoms with Crippen molar-refractivity contribution in [2.24, 2.45) is 11.8 Å².